The quantitative estimate of drug-likeness (QED) is 0.478. The van der Waals surface area contributed by atoms with Crippen LogP contribution in [0.2, 0.25) is 0 Å². The molecule has 0 atom stereocenters. The fourth-order valence-corrected chi connectivity index (χ4v) is 1.76. The lowest BCUT2D eigenvalue weighted by atomic mass is 10.1. The van der Waals surface area contributed by atoms with Crippen molar-refractivity contribution in [2.45, 2.75) is 6.92 Å². The van der Waals surface area contributed by atoms with Gasteiger partial charge < -0.3 is 5.21 Å². The molecule has 0 spiro atoms. The Hall–Kier alpha value is -1.75. The zero-order chi connectivity index (χ0) is 10.7. The molecule has 0 unspecified atom stereocenters. The Morgan fingerprint density at radius 1 is 1.33 bits per heavy atom. The molecule has 0 aliphatic rings. The second kappa shape index (κ2) is 4.18. The highest BCUT2D eigenvalue weighted by molar-refractivity contribution is 7.05. The summed E-state index contributed by atoms with van der Waals surface area (Å²) in [6, 6.07) is 9.41. The highest BCUT2D eigenvalue weighted by Gasteiger charge is 2.13. The van der Waals surface area contributed by atoms with E-state index in [2.05, 4.69) is 14.7 Å². The van der Waals surface area contributed by atoms with Crippen molar-refractivity contribution in [1.82, 2.24) is 9.59 Å². The van der Waals surface area contributed by atoms with Crippen LogP contribution in [0.5, 0.6) is 0 Å². The molecular formula is C10H9N3OS. The molecule has 0 amide bonds. The largest absolute Gasteiger partial charge is 0.410 e. The fraction of sp³-hybridized carbons (Fsp3) is 0.100. The van der Waals surface area contributed by atoms with E-state index in [0.29, 0.717) is 11.4 Å². The van der Waals surface area contributed by atoms with E-state index in [1.807, 2.05) is 37.3 Å². The van der Waals surface area contributed by atoms with Gasteiger partial charge >= 0.3 is 0 Å². The van der Waals surface area contributed by atoms with Crippen molar-refractivity contribution in [3.05, 3.63) is 46.5 Å². The van der Waals surface area contributed by atoms with E-state index in [0.717, 1.165) is 10.4 Å². The van der Waals surface area contributed by atoms with Crippen molar-refractivity contribution in [2.75, 3.05) is 0 Å². The van der Waals surface area contributed by atoms with Gasteiger partial charge in [-0.1, -0.05) is 40.0 Å². The van der Waals surface area contributed by atoms with Gasteiger partial charge in [-0.3, -0.25) is 0 Å². The van der Waals surface area contributed by atoms with Crippen molar-refractivity contribution in [3.8, 4) is 0 Å². The molecule has 0 aliphatic heterocycles. The van der Waals surface area contributed by atoms with Gasteiger partial charge in [-0.05, 0) is 18.5 Å². The molecule has 76 valence electrons. The fourth-order valence-electron chi connectivity index (χ4n) is 1.29. The summed E-state index contributed by atoms with van der Waals surface area (Å²) in [6.07, 6.45) is 0. The number of hydrogen-bond acceptors (Lipinski definition) is 5. The Bertz CT molecular complexity index is 478. The molecule has 1 heterocycles. The molecule has 4 nitrogen and oxygen atoms in total. The normalized spacial score (nSPS) is 11.7. The van der Waals surface area contributed by atoms with Crippen LogP contribution >= 0.6 is 11.5 Å². The minimum absolute atomic E-state index is 0.460. The molecule has 0 aliphatic carbocycles. The summed E-state index contributed by atoms with van der Waals surface area (Å²) in [4.78, 5) is 0.937. The summed E-state index contributed by atoms with van der Waals surface area (Å²) in [6.45, 7) is 1.90. The summed E-state index contributed by atoms with van der Waals surface area (Å²) >= 11 is 1.29. The third kappa shape index (κ3) is 1.87. The van der Waals surface area contributed by atoms with E-state index in [-0.39, 0.29) is 0 Å². The van der Waals surface area contributed by atoms with Gasteiger partial charge in [-0.15, -0.1) is 5.10 Å². The maximum Gasteiger partial charge on any atom is 0.138 e. The molecule has 2 aromatic rings. The summed E-state index contributed by atoms with van der Waals surface area (Å²) in [7, 11) is 0. The van der Waals surface area contributed by atoms with Crippen molar-refractivity contribution >= 4 is 17.2 Å². The lowest BCUT2D eigenvalue weighted by Crippen LogP contribution is -2.05. The van der Waals surface area contributed by atoms with Gasteiger partial charge in [0.05, 0.1) is 4.88 Å². The Morgan fingerprint density at radius 2 is 2.07 bits per heavy atom. The molecule has 1 aromatic carbocycles. The number of nitrogens with zero attached hydrogens (tertiary/aromatic N) is 3. The highest BCUT2D eigenvalue weighted by atomic mass is 32.1. The van der Waals surface area contributed by atoms with Gasteiger partial charge in [-0.2, -0.15) is 0 Å². The predicted octanol–water partition coefficient (Wildman–Crippen LogP) is 2.07. The average Bonchev–Trinajstić information content (AvgIpc) is 2.68. The van der Waals surface area contributed by atoms with Crippen LogP contribution in [0.3, 0.4) is 0 Å². The monoisotopic (exact) mass is 219 g/mol. The van der Waals surface area contributed by atoms with Crippen LogP contribution < -0.4 is 0 Å². The first-order valence-electron chi connectivity index (χ1n) is 4.39. The summed E-state index contributed by atoms with van der Waals surface area (Å²) < 4.78 is 3.82. The summed E-state index contributed by atoms with van der Waals surface area (Å²) in [5.74, 6) is 0. The Kier molecular flexibility index (Phi) is 2.73. The maximum atomic E-state index is 9.00. The molecule has 0 bridgehead atoms. The van der Waals surface area contributed by atoms with E-state index < -0.39 is 0 Å². The van der Waals surface area contributed by atoms with Gasteiger partial charge in [0, 0.05) is 5.56 Å². The Labute approximate surface area is 91.1 Å². The molecule has 0 saturated carbocycles. The lowest BCUT2D eigenvalue weighted by Gasteiger charge is -2.00. The Balaban J connectivity index is 2.48. The molecule has 2 rings (SSSR count). The zero-order valence-electron chi connectivity index (χ0n) is 8.08. The standard InChI is InChI=1S/C10H9N3OS/c1-7-9(11-13-15-7)10(12-14)8-5-3-2-4-6-8/h2-6,14H,1H3/b12-10-. The number of aromatic nitrogens is 2. The summed E-state index contributed by atoms with van der Waals surface area (Å²) in [5, 5.41) is 16.2. The average molecular weight is 219 g/mol. The van der Waals surface area contributed by atoms with Crippen LogP contribution in [0, 0.1) is 6.92 Å². The summed E-state index contributed by atoms with van der Waals surface area (Å²) in [5.41, 5.74) is 1.92. The maximum absolute atomic E-state index is 9.00. The van der Waals surface area contributed by atoms with Crippen molar-refractivity contribution in [2.24, 2.45) is 5.16 Å². The van der Waals surface area contributed by atoms with E-state index in [1.54, 1.807) is 0 Å². The predicted molar refractivity (Wildman–Crippen MR) is 58.5 cm³/mol. The first-order valence-corrected chi connectivity index (χ1v) is 5.17. The first-order chi connectivity index (χ1) is 7.33. The molecule has 0 fully saturated rings. The van der Waals surface area contributed by atoms with Gasteiger partial charge in [0.25, 0.3) is 0 Å². The smallest absolute Gasteiger partial charge is 0.138 e. The van der Waals surface area contributed by atoms with E-state index in [1.165, 1.54) is 11.5 Å². The van der Waals surface area contributed by atoms with Gasteiger partial charge in [0.2, 0.25) is 0 Å². The van der Waals surface area contributed by atoms with Crippen LogP contribution in [0.4, 0.5) is 0 Å². The second-order valence-corrected chi connectivity index (χ2v) is 3.95. The molecule has 15 heavy (non-hydrogen) atoms. The number of oxime groups is 1. The van der Waals surface area contributed by atoms with Crippen molar-refractivity contribution in [3.63, 3.8) is 0 Å². The van der Waals surface area contributed by atoms with Gasteiger partial charge in [0.1, 0.15) is 11.4 Å². The number of aryl methyl sites for hydroxylation is 1. The molecule has 1 N–H and O–H groups in total. The molecule has 0 radical (unpaired) electrons. The van der Waals surface area contributed by atoms with Crippen LogP contribution in [0.25, 0.3) is 0 Å². The molecule has 1 aromatic heterocycles. The molecule has 0 saturated heterocycles. The van der Waals surface area contributed by atoms with Crippen LogP contribution in [-0.2, 0) is 0 Å². The number of benzene rings is 1. The minimum Gasteiger partial charge on any atom is -0.410 e. The highest BCUT2D eigenvalue weighted by Crippen LogP contribution is 2.14. The third-order valence-corrected chi connectivity index (χ3v) is 2.65. The SMILES string of the molecule is Cc1snnc1/C(=N\O)c1ccccc1. The topological polar surface area (TPSA) is 58.4 Å². The van der Waals surface area contributed by atoms with E-state index >= 15 is 0 Å². The molecular weight excluding hydrogens is 210 g/mol. The van der Waals surface area contributed by atoms with Crippen LogP contribution in [0.15, 0.2) is 35.5 Å². The van der Waals surface area contributed by atoms with Crippen molar-refractivity contribution in [1.29, 1.82) is 0 Å². The number of hydrogen-bond donors (Lipinski definition) is 1. The third-order valence-electron chi connectivity index (χ3n) is 2.02. The van der Waals surface area contributed by atoms with Crippen LogP contribution in [0.1, 0.15) is 16.1 Å². The minimum atomic E-state index is 0.460. The number of rotatable bonds is 2. The zero-order valence-corrected chi connectivity index (χ0v) is 8.90. The van der Waals surface area contributed by atoms with E-state index in [4.69, 9.17) is 5.21 Å². The van der Waals surface area contributed by atoms with Gasteiger partial charge in [0.15, 0.2) is 0 Å². The Morgan fingerprint density at radius 3 is 2.60 bits per heavy atom. The van der Waals surface area contributed by atoms with E-state index in [9.17, 15) is 0 Å². The van der Waals surface area contributed by atoms with Crippen molar-refractivity contribution < 1.29 is 5.21 Å². The molecule has 5 heteroatoms. The van der Waals surface area contributed by atoms with Crippen LogP contribution in [-0.4, -0.2) is 20.5 Å². The van der Waals surface area contributed by atoms with Gasteiger partial charge in [-0.25, -0.2) is 0 Å². The lowest BCUT2D eigenvalue weighted by molar-refractivity contribution is 0.319. The second-order valence-electron chi connectivity index (χ2n) is 2.99. The first kappa shape index (κ1) is 9.79.